The molecule has 2 rings (SSSR count). The van der Waals surface area contributed by atoms with E-state index >= 15 is 0 Å². The Labute approximate surface area is 105 Å². The van der Waals surface area contributed by atoms with Crippen molar-refractivity contribution >= 4 is 33.2 Å². The van der Waals surface area contributed by atoms with Crippen LogP contribution in [-0.2, 0) is 0 Å². The number of anilines is 1. The number of pyridine rings is 1. The minimum absolute atomic E-state index is 0.0761. The van der Waals surface area contributed by atoms with E-state index in [2.05, 4.69) is 30.9 Å². The lowest BCUT2D eigenvalue weighted by atomic mass is 10.4. The van der Waals surface area contributed by atoms with E-state index in [0.29, 0.717) is 11.4 Å². The van der Waals surface area contributed by atoms with Crippen LogP contribution in [0.25, 0.3) is 0 Å². The fraction of sp³-hybridized carbons (Fsp3) is 0. The highest BCUT2D eigenvalue weighted by molar-refractivity contribution is 9.10. The lowest BCUT2D eigenvalue weighted by Gasteiger charge is -2.06. The summed E-state index contributed by atoms with van der Waals surface area (Å²) in [4.78, 5) is 11.5. The van der Waals surface area contributed by atoms with Crippen molar-refractivity contribution in [2.24, 2.45) is 0 Å². The zero-order valence-electron chi connectivity index (χ0n) is 7.89. The van der Waals surface area contributed by atoms with Crippen molar-refractivity contribution in [3.8, 4) is 11.6 Å². The summed E-state index contributed by atoms with van der Waals surface area (Å²) >= 11 is 8.91. The van der Waals surface area contributed by atoms with Crippen LogP contribution in [0.4, 0.5) is 5.69 Å². The van der Waals surface area contributed by atoms with Gasteiger partial charge in [0.1, 0.15) is 11.4 Å². The highest BCUT2D eigenvalue weighted by atomic mass is 79.9. The molecular weight excluding hydrogens is 295 g/mol. The standard InChI is InChI=1S/C9H6BrClN4O/c10-5-1-6(3-13-2-5)16-8-7(12)4-14-9(11)15-8/h1-4H,12H2. The van der Waals surface area contributed by atoms with Crippen molar-refractivity contribution in [3.05, 3.63) is 34.4 Å². The van der Waals surface area contributed by atoms with Crippen LogP contribution < -0.4 is 10.5 Å². The molecule has 0 aromatic carbocycles. The lowest BCUT2D eigenvalue weighted by molar-refractivity contribution is 0.462. The summed E-state index contributed by atoms with van der Waals surface area (Å²) in [7, 11) is 0. The van der Waals surface area contributed by atoms with Crippen molar-refractivity contribution in [2.75, 3.05) is 5.73 Å². The number of nitrogens with zero attached hydrogens (tertiary/aromatic N) is 3. The van der Waals surface area contributed by atoms with Crippen molar-refractivity contribution in [2.45, 2.75) is 0 Å². The van der Waals surface area contributed by atoms with Crippen LogP contribution in [0, 0.1) is 0 Å². The Morgan fingerprint density at radius 2 is 2.12 bits per heavy atom. The number of hydrogen-bond acceptors (Lipinski definition) is 5. The Kier molecular flexibility index (Phi) is 3.21. The first-order valence-corrected chi connectivity index (χ1v) is 5.38. The minimum atomic E-state index is 0.0761. The molecule has 5 nitrogen and oxygen atoms in total. The molecule has 0 aliphatic heterocycles. The maximum absolute atomic E-state index is 5.63. The number of aromatic nitrogens is 3. The summed E-state index contributed by atoms with van der Waals surface area (Å²) in [6, 6.07) is 1.74. The van der Waals surface area contributed by atoms with Crippen LogP contribution in [0.1, 0.15) is 0 Å². The van der Waals surface area contributed by atoms with Crippen LogP contribution in [0.3, 0.4) is 0 Å². The summed E-state index contributed by atoms with van der Waals surface area (Å²) in [6.07, 6.45) is 4.57. The number of rotatable bonds is 2. The van der Waals surface area contributed by atoms with E-state index in [1.807, 2.05) is 0 Å². The van der Waals surface area contributed by atoms with E-state index in [1.54, 1.807) is 18.5 Å². The highest BCUT2D eigenvalue weighted by Crippen LogP contribution is 2.26. The summed E-state index contributed by atoms with van der Waals surface area (Å²) in [5.41, 5.74) is 5.94. The van der Waals surface area contributed by atoms with Crippen molar-refractivity contribution in [1.82, 2.24) is 15.0 Å². The van der Waals surface area contributed by atoms with Gasteiger partial charge in [0.05, 0.1) is 12.4 Å². The second kappa shape index (κ2) is 4.63. The minimum Gasteiger partial charge on any atom is -0.435 e. The molecule has 2 heterocycles. The second-order valence-electron chi connectivity index (χ2n) is 2.84. The van der Waals surface area contributed by atoms with Crippen LogP contribution in [0.15, 0.2) is 29.1 Å². The van der Waals surface area contributed by atoms with Gasteiger partial charge in [-0.05, 0) is 33.6 Å². The predicted octanol–water partition coefficient (Wildman–Crippen LogP) is 2.66. The molecule has 2 aromatic rings. The summed E-state index contributed by atoms with van der Waals surface area (Å²) in [6.45, 7) is 0. The second-order valence-corrected chi connectivity index (χ2v) is 4.09. The van der Waals surface area contributed by atoms with Crippen LogP contribution in [0.5, 0.6) is 11.6 Å². The number of hydrogen-bond donors (Lipinski definition) is 1. The summed E-state index contributed by atoms with van der Waals surface area (Å²) < 4.78 is 6.21. The van der Waals surface area contributed by atoms with Crippen molar-refractivity contribution in [1.29, 1.82) is 0 Å². The average molecular weight is 302 g/mol. The molecule has 0 fully saturated rings. The summed E-state index contributed by atoms with van der Waals surface area (Å²) in [5.74, 6) is 0.718. The SMILES string of the molecule is Nc1cnc(Cl)nc1Oc1cncc(Br)c1. The van der Waals surface area contributed by atoms with E-state index in [4.69, 9.17) is 22.1 Å². The molecule has 2 aromatic heterocycles. The Morgan fingerprint density at radius 1 is 1.31 bits per heavy atom. The Bertz CT molecular complexity index is 523. The molecule has 82 valence electrons. The van der Waals surface area contributed by atoms with E-state index in [1.165, 1.54) is 6.20 Å². The molecule has 0 aliphatic carbocycles. The fourth-order valence-corrected chi connectivity index (χ4v) is 1.47. The van der Waals surface area contributed by atoms with Gasteiger partial charge < -0.3 is 10.5 Å². The Balaban J connectivity index is 2.30. The molecule has 2 N–H and O–H groups in total. The molecule has 0 radical (unpaired) electrons. The van der Waals surface area contributed by atoms with Crippen LogP contribution >= 0.6 is 27.5 Å². The number of halogens is 2. The third kappa shape index (κ3) is 2.59. The molecule has 0 amide bonds. The van der Waals surface area contributed by atoms with E-state index < -0.39 is 0 Å². The van der Waals surface area contributed by atoms with Gasteiger partial charge in [-0.2, -0.15) is 4.98 Å². The van der Waals surface area contributed by atoms with Gasteiger partial charge in [0.15, 0.2) is 0 Å². The van der Waals surface area contributed by atoms with Gasteiger partial charge in [-0.25, -0.2) is 4.98 Å². The van der Waals surface area contributed by atoms with Crippen LogP contribution in [0.2, 0.25) is 5.28 Å². The maximum Gasteiger partial charge on any atom is 0.247 e. The van der Waals surface area contributed by atoms with Gasteiger partial charge in [-0.15, -0.1) is 0 Å². The highest BCUT2D eigenvalue weighted by Gasteiger charge is 2.06. The van der Waals surface area contributed by atoms with Gasteiger partial charge in [0.25, 0.3) is 0 Å². The van der Waals surface area contributed by atoms with E-state index in [-0.39, 0.29) is 11.2 Å². The molecule has 0 bridgehead atoms. The summed E-state index contributed by atoms with van der Waals surface area (Å²) in [5, 5.41) is 0.0761. The van der Waals surface area contributed by atoms with Gasteiger partial charge in [-0.1, -0.05) is 0 Å². The smallest absolute Gasteiger partial charge is 0.247 e. The molecule has 0 unspecified atom stereocenters. The molecule has 0 saturated carbocycles. The van der Waals surface area contributed by atoms with Crippen LogP contribution in [-0.4, -0.2) is 15.0 Å². The monoisotopic (exact) mass is 300 g/mol. The largest absolute Gasteiger partial charge is 0.435 e. The zero-order chi connectivity index (χ0) is 11.5. The topological polar surface area (TPSA) is 73.9 Å². The van der Waals surface area contributed by atoms with Gasteiger partial charge in [0, 0.05) is 10.7 Å². The normalized spacial score (nSPS) is 10.1. The molecule has 0 spiro atoms. The van der Waals surface area contributed by atoms with E-state index in [9.17, 15) is 0 Å². The molecule has 0 saturated heterocycles. The van der Waals surface area contributed by atoms with Crippen molar-refractivity contribution < 1.29 is 4.74 Å². The first-order valence-electron chi connectivity index (χ1n) is 4.21. The molecule has 0 aliphatic rings. The first-order chi connectivity index (χ1) is 7.65. The van der Waals surface area contributed by atoms with Gasteiger partial charge in [0.2, 0.25) is 11.2 Å². The lowest BCUT2D eigenvalue weighted by Crippen LogP contribution is -1.97. The van der Waals surface area contributed by atoms with Gasteiger partial charge >= 0.3 is 0 Å². The third-order valence-electron chi connectivity index (χ3n) is 1.65. The van der Waals surface area contributed by atoms with E-state index in [0.717, 1.165) is 4.47 Å². The predicted molar refractivity (Wildman–Crippen MR) is 63.5 cm³/mol. The van der Waals surface area contributed by atoms with Crippen molar-refractivity contribution in [3.63, 3.8) is 0 Å². The molecule has 16 heavy (non-hydrogen) atoms. The Hall–Kier alpha value is -1.40. The number of nitrogen functional groups attached to an aromatic ring is 1. The maximum atomic E-state index is 5.63. The quantitative estimate of drug-likeness (QED) is 0.863. The molecule has 7 heteroatoms. The third-order valence-corrected chi connectivity index (χ3v) is 2.26. The van der Waals surface area contributed by atoms with Gasteiger partial charge in [-0.3, -0.25) is 4.98 Å². The zero-order valence-corrected chi connectivity index (χ0v) is 10.2. The number of nitrogens with two attached hydrogens (primary N) is 1. The number of ether oxygens (including phenoxy) is 1. The Morgan fingerprint density at radius 3 is 2.88 bits per heavy atom. The molecule has 0 atom stereocenters. The molecular formula is C9H6BrClN4O. The fourth-order valence-electron chi connectivity index (χ4n) is 0.997. The average Bonchev–Trinajstić information content (AvgIpc) is 2.24. The first kappa shape index (κ1) is 11.1.